The summed E-state index contributed by atoms with van der Waals surface area (Å²) in [6.07, 6.45) is 5.38. The molecule has 5 heteroatoms. The number of halogens is 1. The highest BCUT2D eigenvalue weighted by Crippen LogP contribution is 2.29. The van der Waals surface area contributed by atoms with Gasteiger partial charge in [-0.1, -0.05) is 18.0 Å². The Balaban J connectivity index is 1.78. The summed E-state index contributed by atoms with van der Waals surface area (Å²) in [6.45, 7) is 4.49. The van der Waals surface area contributed by atoms with Crippen LogP contribution in [0.4, 0.5) is 0 Å². The van der Waals surface area contributed by atoms with Crippen LogP contribution >= 0.6 is 11.6 Å². The summed E-state index contributed by atoms with van der Waals surface area (Å²) >= 11 is 6.04. The first-order valence-corrected chi connectivity index (χ1v) is 9.50. The highest BCUT2D eigenvalue weighted by Gasteiger charge is 2.23. The monoisotopic (exact) mass is 367 g/mol. The van der Waals surface area contributed by atoms with Crippen molar-refractivity contribution >= 4 is 28.4 Å². The Bertz CT molecular complexity index is 940. The molecule has 1 fully saturated rings. The molecule has 0 N–H and O–H groups in total. The van der Waals surface area contributed by atoms with Crippen molar-refractivity contribution in [2.45, 2.75) is 26.2 Å². The zero-order chi connectivity index (χ0) is 18.1. The van der Waals surface area contributed by atoms with Crippen LogP contribution in [-0.2, 0) is 0 Å². The summed E-state index contributed by atoms with van der Waals surface area (Å²) in [7, 11) is 0. The van der Waals surface area contributed by atoms with Gasteiger partial charge in [0.1, 0.15) is 0 Å². The topological polar surface area (TPSA) is 38.1 Å². The molecule has 0 bridgehead atoms. The van der Waals surface area contributed by atoms with Crippen molar-refractivity contribution in [2.24, 2.45) is 0 Å². The molecular weight excluding hydrogens is 346 g/mol. The van der Waals surface area contributed by atoms with E-state index < -0.39 is 0 Å². The van der Waals surface area contributed by atoms with E-state index in [1.165, 1.54) is 19.3 Å². The highest BCUT2D eigenvalue weighted by atomic mass is 35.5. The van der Waals surface area contributed by atoms with E-state index in [1.807, 2.05) is 43.3 Å². The predicted molar refractivity (Wildman–Crippen MR) is 105 cm³/mol. The second-order valence-corrected chi connectivity index (χ2v) is 7.34. The van der Waals surface area contributed by atoms with Gasteiger partial charge in [0, 0.05) is 22.6 Å². The lowest BCUT2D eigenvalue weighted by molar-refractivity contribution is 0.0916. The largest absolute Gasteiger partial charge is 0.312 e. The van der Waals surface area contributed by atoms with Gasteiger partial charge in [-0.25, -0.2) is 0 Å². The zero-order valence-electron chi connectivity index (χ0n) is 14.9. The number of benzene rings is 1. The molecule has 0 amide bonds. The van der Waals surface area contributed by atoms with Gasteiger partial charge in [-0.2, -0.15) is 0 Å². The summed E-state index contributed by atoms with van der Waals surface area (Å²) in [5, 5.41) is 0.697. The molecule has 134 valence electrons. The minimum absolute atomic E-state index is 0.154. The third-order valence-electron chi connectivity index (χ3n) is 5.14. The van der Waals surface area contributed by atoms with Crippen molar-refractivity contribution in [3.63, 3.8) is 0 Å². The van der Waals surface area contributed by atoms with Gasteiger partial charge in [0.2, 0.25) is 0 Å². The molecule has 0 aliphatic carbocycles. The smallest absolute Gasteiger partial charge is 0.180 e. The second-order valence-electron chi connectivity index (χ2n) is 6.90. The first-order chi connectivity index (χ1) is 12.6. The van der Waals surface area contributed by atoms with E-state index in [0.717, 1.165) is 41.1 Å². The molecule has 1 saturated heterocycles. The molecule has 4 rings (SSSR count). The Morgan fingerprint density at radius 3 is 2.58 bits per heavy atom. The lowest BCUT2D eigenvalue weighted by atomic mass is 10.1. The number of pyridine rings is 1. The molecule has 4 nitrogen and oxygen atoms in total. The molecule has 1 aromatic carbocycles. The molecule has 3 aromatic rings. The highest BCUT2D eigenvalue weighted by molar-refractivity contribution is 6.30. The summed E-state index contributed by atoms with van der Waals surface area (Å²) in [4.78, 5) is 19.9. The molecule has 1 aliphatic heterocycles. The Kier molecular flexibility index (Phi) is 4.79. The van der Waals surface area contributed by atoms with Crippen molar-refractivity contribution in [1.29, 1.82) is 0 Å². The molecule has 0 radical (unpaired) electrons. The number of carbonyl (C=O) groups is 1. The number of ketones is 1. The van der Waals surface area contributed by atoms with Gasteiger partial charge >= 0.3 is 0 Å². The van der Waals surface area contributed by atoms with Crippen molar-refractivity contribution in [1.82, 2.24) is 14.5 Å². The van der Waals surface area contributed by atoms with Crippen molar-refractivity contribution < 1.29 is 4.79 Å². The second kappa shape index (κ2) is 7.22. The maximum atomic E-state index is 13.1. The van der Waals surface area contributed by atoms with Crippen LogP contribution in [-0.4, -0.2) is 39.9 Å². The van der Waals surface area contributed by atoms with Crippen molar-refractivity contribution in [2.75, 3.05) is 19.6 Å². The van der Waals surface area contributed by atoms with Gasteiger partial charge in [-0.05, 0) is 69.3 Å². The van der Waals surface area contributed by atoms with E-state index in [1.54, 1.807) is 6.20 Å². The molecule has 1 aliphatic rings. The average Bonchev–Trinajstić information content (AvgIpc) is 2.95. The van der Waals surface area contributed by atoms with Gasteiger partial charge in [-0.15, -0.1) is 0 Å². The van der Waals surface area contributed by atoms with E-state index >= 15 is 0 Å². The van der Waals surface area contributed by atoms with Crippen LogP contribution in [0, 0.1) is 6.92 Å². The minimum Gasteiger partial charge on any atom is -0.312 e. The van der Waals surface area contributed by atoms with E-state index in [9.17, 15) is 4.79 Å². The lowest BCUT2D eigenvalue weighted by Crippen LogP contribution is -2.34. The summed E-state index contributed by atoms with van der Waals surface area (Å²) in [5.41, 5.74) is 4.39. The van der Waals surface area contributed by atoms with Crippen LogP contribution in [0.1, 0.15) is 35.3 Å². The fourth-order valence-electron chi connectivity index (χ4n) is 3.89. The van der Waals surface area contributed by atoms with E-state index in [4.69, 9.17) is 11.6 Å². The average molecular weight is 368 g/mol. The lowest BCUT2D eigenvalue weighted by Gasteiger charge is -2.25. The third kappa shape index (κ3) is 3.15. The summed E-state index contributed by atoms with van der Waals surface area (Å²) < 4.78 is 2.10. The molecule has 0 spiro atoms. The molecule has 26 heavy (non-hydrogen) atoms. The van der Waals surface area contributed by atoms with Crippen LogP contribution in [0.25, 0.3) is 16.7 Å². The SMILES string of the molecule is Cc1c(C(=O)CN2CCCCC2)c2ncccc2n1-c1ccc(Cl)cc1. The number of nitrogens with zero attached hydrogens (tertiary/aromatic N) is 3. The van der Waals surface area contributed by atoms with E-state index in [-0.39, 0.29) is 5.78 Å². The van der Waals surface area contributed by atoms with E-state index in [0.29, 0.717) is 11.6 Å². The summed E-state index contributed by atoms with van der Waals surface area (Å²) in [6, 6.07) is 11.6. The number of aromatic nitrogens is 2. The number of carbonyl (C=O) groups excluding carboxylic acids is 1. The molecule has 0 unspecified atom stereocenters. The van der Waals surface area contributed by atoms with Crippen LogP contribution in [0.2, 0.25) is 5.02 Å². The number of fused-ring (bicyclic) bond motifs is 1. The molecule has 3 heterocycles. The summed E-state index contributed by atoms with van der Waals surface area (Å²) in [5.74, 6) is 0.154. The van der Waals surface area contributed by atoms with Gasteiger partial charge in [0.25, 0.3) is 0 Å². The number of hydrogen-bond donors (Lipinski definition) is 0. The standard InChI is InChI=1S/C21H22ClN3O/c1-15-20(19(26)14-24-12-3-2-4-13-24)21-18(6-5-11-23-21)25(15)17-9-7-16(22)8-10-17/h5-11H,2-4,12-14H2,1H3. The quantitative estimate of drug-likeness (QED) is 0.629. The maximum Gasteiger partial charge on any atom is 0.180 e. The van der Waals surface area contributed by atoms with Gasteiger partial charge in [0.05, 0.1) is 23.1 Å². The minimum atomic E-state index is 0.154. The van der Waals surface area contributed by atoms with Crippen molar-refractivity contribution in [3.05, 3.63) is 58.9 Å². The zero-order valence-corrected chi connectivity index (χ0v) is 15.7. The van der Waals surface area contributed by atoms with Gasteiger partial charge < -0.3 is 4.57 Å². The van der Waals surface area contributed by atoms with Crippen LogP contribution in [0.15, 0.2) is 42.6 Å². The molecular formula is C21H22ClN3O. The first-order valence-electron chi connectivity index (χ1n) is 9.12. The normalized spacial score (nSPS) is 15.5. The first kappa shape index (κ1) is 17.3. The molecule has 0 saturated carbocycles. The Morgan fingerprint density at radius 1 is 1.12 bits per heavy atom. The number of rotatable bonds is 4. The number of piperidine rings is 1. The fourth-order valence-corrected chi connectivity index (χ4v) is 4.02. The molecule has 0 atom stereocenters. The Hall–Kier alpha value is -2.17. The van der Waals surface area contributed by atoms with E-state index in [2.05, 4.69) is 14.5 Å². The number of hydrogen-bond acceptors (Lipinski definition) is 3. The third-order valence-corrected chi connectivity index (χ3v) is 5.39. The maximum absolute atomic E-state index is 13.1. The Morgan fingerprint density at radius 2 is 1.85 bits per heavy atom. The van der Waals surface area contributed by atoms with Gasteiger partial charge in [-0.3, -0.25) is 14.7 Å². The Labute approximate surface area is 158 Å². The van der Waals surface area contributed by atoms with Crippen molar-refractivity contribution in [3.8, 4) is 5.69 Å². The fraction of sp³-hybridized carbons (Fsp3) is 0.333. The predicted octanol–water partition coefficient (Wildman–Crippen LogP) is 4.66. The van der Waals surface area contributed by atoms with Gasteiger partial charge in [0.15, 0.2) is 5.78 Å². The molecule has 2 aromatic heterocycles. The van der Waals surface area contributed by atoms with Crippen LogP contribution in [0.5, 0.6) is 0 Å². The number of likely N-dealkylation sites (tertiary alicyclic amines) is 1. The van der Waals surface area contributed by atoms with Crippen LogP contribution < -0.4 is 0 Å². The van der Waals surface area contributed by atoms with Crippen LogP contribution in [0.3, 0.4) is 0 Å². The number of Topliss-reactive ketones (excluding diaryl/α,β-unsaturated/α-hetero) is 1.